The van der Waals surface area contributed by atoms with Crippen LogP contribution in [0.4, 0.5) is 0 Å². The maximum atomic E-state index is 12.2. The smallest absolute Gasteiger partial charge is 0.336 e. The van der Waals surface area contributed by atoms with Gasteiger partial charge in [-0.1, -0.05) is 37.8 Å². The molecule has 1 amide bonds. The summed E-state index contributed by atoms with van der Waals surface area (Å²) in [5.41, 5.74) is 0.313. The summed E-state index contributed by atoms with van der Waals surface area (Å²) in [6, 6.07) is 6.53. The molecule has 0 bridgehead atoms. The predicted octanol–water partition coefficient (Wildman–Crippen LogP) is 2.84. The zero-order valence-electron chi connectivity index (χ0n) is 10.9. The van der Waals surface area contributed by atoms with E-state index in [2.05, 4.69) is 5.32 Å². The number of carbonyl (C=O) groups excluding carboxylic acids is 1. The first kappa shape index (κ1) is 13.6. The zero-order valence-corrected chi connectivity index (χ0v) is 10.9. The van der Waals surface area contributed by atoms with Crippen molar-refractivity contribution in [2.24, 2.45) is 0 Å². The van der Waals surface area contributed by atoms with Crippen LogP contribution in [0.15, 0.2) is 24.3 Å². The van der Waals surface area contributed by atoms with E-state index in [0.29, 0.717) is 0 Å². The summed E-state index contributed by atoms with van der Waals surface area (Å²) >= 11 is 0. The molecule has 0 spiro atoms. The molecule has 102 valence electrons. The van der Waals surface area contributed by atoms with Crippen molar-refractivity contribution in [3.8, 4) is 0 Å². The van der Waals surface area contributed by atoms with Crippen LogP contribution in [0.5, 0.6) is 0 Å². The van der Waals surface area contributed by atoms with Gasteiger partial charge in [-0.15, -0.1) is 0 Å². The van der Waals surface area contributed by atoms with Crippen molar-refractivity contribution in [1.29, 1.82) is 0 Å². The van der Waals surface area contributed by atoms with Crippen molar-refractivity contribution >= 4 is 11.9 Å². The fourth-order valence-corrected chi connectivity index (χ4v) is 2.55. The van der Waals surface area contributed by atoms with Gasteiger partial charge in [-0.2, -0.15) is 0 Å². The Bertz CT molecular complexity index is 462. The van der Waals surface area contributed by atoms with Crippen molar-refractivity contribution in [1.82, 2.24) is 5.32 Å². The van der Waals surface area contributed by atoms with Gasteiger partial charge in [0.2, 0.25) is 0 Å². The normalized spacial score (nSPS) is 16.6. The molecule has 1 fully saturated rings. The van der Waals surface area contributed by atoms with Crippen LogP contribution in [-0.4, -0.2) is 23.0 Å². The second-order valence-electron chi connectivity index (χ2n) is 5.01. The quantitative estimate of drug-likeness (QED) is 0.822. The van der Waals surface area contributed by atoms with E-state index in [9.17, 15) is 9.59 Å². The second-order valence-corrected chi connectivity index (χ2v) is 5.01. The minimum atomic E-state index is -1.06. The van der Waals surface area contributed by atoms with E-state index in [1.165, 1.54) is 18.9 Å². The van der Waals surface area contributed by atoms with Crippen LogP contribution >= 0.6 is 0 Å². The third-order valence-electron chi connectivity index (χ3n) is 3.59. The number of carbonyl (C=O) groups is 2. The van der Waals surface area contributed by atoms with E-state index in [1.54, 1.807) is 18.2 Å². The van der Waals surface area contributed by atoms with Gasteiger partial charge in [-0.25, -0.2) is 4.79 Å². The van der Waals surface area contributed by atoms with Crippen LogP contribution in [0.25, 0.3) is 0 Å². The van der Waals surface area contributed by atoms with Crippen molar-refractivity contribution in [3.63, 3.8) is 0 Å². The number of carboxylic acids is 1. The molecule has 0 heterocycles. The first-order chi connectivity index (χ1) is 9.18. The van der Waals surface area contributed by atoms with Crippen LogP contribution in [0.3, 0.4) is 0 Å². The largest absolute Gasteiger partial charge is 0.478 e. The minimum absolute atomic E-state index is 0.0635. The third kappa shape index (κ3) is 3.56. The topological polar surface area (TPSA) is 66.4 Å². The maximum absolute atomic E-state index is 12.2. The number of rotatable bonds is 3. The summed E-state index contributed by atoms with van der Waals surface area (Å²) in [5, 5.41) is 12.1. The molecule has 0 saturated heterocycles. The van der Waals surface area contributed by atoms with Crippen LogP contribution in [0, 0.1) is 0 Å². The molecule has 1 aliphatic carbocycles. The Morgan fingerprint density at radius 3 is 2.16 bits per heavy atom. The molecule has 0 aromatic heterocycles. The molecule has 0 atom stereocenters. The van der Waals surface area contributed by atoms with Gasteiger partial charge in [0.25, 0.3) is 5.91 Å². The highest BCUT2D eigenvalue weighted by molar-refractivity contribution is 6.04. The van der Waals surface area contributed by atoms with Crippen LogP contribution in [-0.2, 0) is 0 Å². The zero-order chi connectivity index (χ0) is 13.7. The van der Waals surface area contributed by atoms with Gasteiger partial charge < -0.3 is 10.4 Å². The van der Waals surface area contributed by atoms with E-state index in [1.807, 2.05) is 0 Å². The van der Waals surface area contributed by atoms with Crippen molar-refractivity contribution in [2.45, 2.75) is 44.6 Å². The molecule has 2 rings (SSSR count). The second kappa shape index (κ2) is 6.36. The monoisotopic (exact) mass is 261 g/mol. The SMILES string of the molecule is O=C(O)c1ccccc1C(=O)NC1CCCCCC1. The number of nitrogens with one attached hydrogen (secondary N) is 1. The Balaban J connectivity index is 2.09. The lowest BCUT2D eigenvalue weighted by atomic mass is 10.0. The number of hydrogen-bond donors (Lipinski definition) is 2. The lowest BCUT2D eigenvalue weighted by molar-refractivity contribution is 0.0690. The Kier molecular flexibility index (Phi) is 4.55. The molecule has 1 saturated carbocycles. The van der Waals surface area contributed by atoms with Crippen LogP contribution in [0.2, 0.25) is 0 Å². The number of amides is 1. The Morgan fingerprint density at radius 1 is 1.00 bits per heavy atom. The molecule has 2 N–H and O–H groups in total. The number of hydrogen-bond acceptors (Lipinski definition) is 2. The lowest BCUT2D eigenvalue weighted by Crippen LogP contribution is -2.35. The lowest BCUT2D eigenvalue weighted by Gasteiger charge is -2.16. The Morgan fingerprint density at radius 2 is 1.58 bits per heavy atom. The first-order valence-corrected chi connectivity index (χ1v) is 6.81. The van der Waals surface area contributed by atoms with Gasteiger partial charge in [0.15, 0.2) is 0 Å². The molecular formula is C15H19NO3. The third-order valence-corrected chi connectivity index (χ3v) is 3.59. The van der Waals surface area contributed by atoms with Gasteiger partial charge in [0.05, 0.1) is 11.1 Å². The highest BCUT2D eigenvalue weighted by Gasteiger charge is 2.19. The van der Waals surface area contributed by atoms with E-state index >= 15 is 0 Å². The molecule has 1 aromatic carbocycles. The maximum Gasteiger partial charge on any atom is 0.336 e. The minimum Gasteiger partial charge on any atom is -0.478 e. The van der Waals surface area contributed by atoms with E-state index in [4.69, 9.17) is 5.11 Å². The molecular weight excluding hydrogens is 242 g/mol. The Labute approximate surface area is 112 Å². The molecule has 0 radical (unpaired) electrons. The fourth-order valence-electron chi connectivity index (χ4n) is 2.55. The molecule has 4 nitrogen and oxygen atoms in total. The average molecular weight is 261 g/mol. The van der Waals surface area contributed by atoms with Gasteiger partial charge in [-0.3, -0.25) is 4.79 Å². The summed E-state index contributed by atoms with van der Waals surface area (Å²) in [5.74, 6) is -1.34. The van der Waals surface area contributed by atoms with Crippen molar-refractivity contribution in [3.05, 3.63) is 35.4 Å². The first-order valence-electron chi connectivity index (χ1n) is 6.81. The number of benzene rings is 1. The fraction of sp³-hybridized carbons (Fsp3) is 0.467. The van der Waals surface area contributed by atoms with Gasteiger partial charge in [0, 0.05) is 6.04 Å². The van der Waals surface area contributed by atoms with Gasteiger partial charge in [0.1, 0.15) is 0 Å². The van der Waals surface area contributed by atoms with Crippen LogP contribution in [0.1, 0.15) is 59.2 Å². The highest BCUT2D eigenvalue weighted by Crippen LogP contribution is 2.18. The molecule has 1 aliphatic rings. The van der Waals surface area contributed by atoms with E-state index in [0.717, 1.165) is 25.7 Å². The van der Waals surface area contributed by atoms with Gasteiger partial charge in [-0.05, 0) is 25.0 Å². The molecule has 19 heavy (non-hydrogen) atoms. The number of aromatic carboxylic acids is 1. The molecule has 1 aromatic rings. The predicted molar refractivity (Wildman–Crippen MR) is 72.4 cm³/mol. The van der Waals surface area contributed by atoms with Gasteiger partial charge >= 0.3 is 5.97 Å². The Hall–Kier alpha value is -1.84. The summed E-state index contributed by atoms with van der Waals surface area (Å²) < 4.78 is 0. The molecule has 0 unspecified atom stereocenters. The summed E-state index contributed by atoms with van der Waals surface area (Å²) in [6.45, 7) is 0. The summed E-state index contributed by atoms with van der Waals surface area (Å²) in [4.78, 5) is 23.3. The van der Waals surface area contributed by atoms with Crippen molar-refractivity contribution < 1.29 is 14.7 Å². The van der Waals surface area contributed by atoms with Crippen molar-refractivity contribution in [2.75, 3.05) is 0 Å². The van der Waals surface area contributed by atoms with E-state index < -0.39 is 5.97 Å². The summed E-state index contributed by atoms with van der Waals surface area (Å²) in [7, 11) is 0. The average Bonchev–Trinajstić information content (AvgIpc) is 2.67. The molecule has 0 aliphatic heterocycles. The van der Waals surface area contributed by atoms with Crippen LogP contribution < -0.4 is 5.32 Å². The number of carboxylic acid groups (broad SMARTS) is 1. The van der Waals surface area contributed by atoms with E-state index in [-0.39, 0.29) is 23.1 Å². The molecule has 4 heteroatoms. The standard InChI is InChI=1S/C15H19NO3/c17-14(16-11-7-3-1-2-4-8-11)12-9-5-6-10-13(12)15(18)19/h5-6,9-11H,1-4,7-8H2,(H,16,17)(H,18,19). The highest BCUT2D eigenvalue weighted by atomic mass is 16.4. The summed E-state index contributed by atoms with van der Waals surface area (Å²) in [6.07, 6.45) is 6.68.